The monoisotopic (exact) mass is 345 g/mol. The van der Waals surface area contributed by atoms with Crippen LogP contribution in [0.4, 0.5) is 0 Å². The van der Waals surface area contributed by atoms with E-state index in [1.165, 1.54) is 10.4 Å². The fourth-order valence-electron chi connectivity index (χ4n) is 2.69. The van der Waals surface area contributed by atoms with Crippen molar-refractivity contribution in [1.82, 2.24) is 4.72 Å². The summed E-state index contributed by atoms with van der Waals surface area (Å²) in [6.07, 6.45) is 0. The Morgan fingerprint density at radius 1 is 0.913 bits per heavy atom. The molecule has 0 aromatic heterocycles. The van der Waals surface area contributed by atoms with Crippen LogP contribution in [0.5, 0.6) is 0 Å². The molecule has 0 aliphatic rings. The summed E-state index contributed by atoms with van der Waals surface area (Å²) in [7, 11) is -3.13. The van der Waals surface area contributed by atoms with Crippen molar-refractivity contribution < 1.29 is 4.21 Å². The van der Waals surface area contributed by atoms with Gasteiger partial charge in [-0.15, -0.1) is 0 Å². The van der Waals surface area contributed by atoms with Crippen molar-refractivity contribution in [2.24, 2.45) is 0 Å². The third-order valence-corrected chi connectivity index (χ3v) is 11.3. The molecule has 0 aliphatic carbocycles. The lowest BCUT2D eigenvalue weighted by molar-refractivity contribution is 0.632. The molecule has 0 bridgehead atoms. The average Bonchev–Trinajstić information content (AvgIpc) is 2.54. The molecule has 2 atom stereocenters. The maximum atomic E-state index is 12.6. The number of hydrogen-bond acceptors (Lipinski definition) is 1. The molecule has 0 saturated heterocycles. The minimum atomic E-state index is -2.05. The highest BCUT2D eigenvalue weighted by Crippen LogP contribution is 2.15. The molecule has 2 aromatic carbocycles. The first-order valence-electron chi connectivity index (χ1n) is 8.05. The SMILES string of the molecule is C[C@H](NS(=O)C(C)(C)C)[Si](C)(c1ccccc1)c1ccccc1. The zero-order valence-electron chi connectivity index (χ0n) is 14.7. The van der Waals surface area contributed by atoms with E-state index in [-0.39, 0.29) is 10.4 Å². The number of hydrogen-bond donors (Lipinski definition) is 1. The molecule has 0 aliphatic heterocycles. The van der Waals surface area contributed by atoms with Crippen molar-refractivity contribution in [1.29, 1.82) is 0 Å². The Balaban J connectivity index is 2.45. The van der Waals surface area contributed by atoms with E-state index in [2.05, 4.69) is 78.9 Å². The molecule has 1 unspecified atom stereocenters. The van der Waals surface area contributed by atoms with Crippen LogP contribution in [0.15, 0.2) is 60.7 Å². The predicted molar refractivity (Wildman–Crippen MR) is 104 cm³/mol. The summed E-state index contributed by atoms with van der Waals surface area (Å²) in [4.78, 5) is 0. The van der Waals surface area contributed by atoms with Crippen molar-refractivity contribution in [2.75, 3.05) is 0 Å². The average molecular weight is 346 g/mol. The maximum Gasteiger partial charge on any atom is 0.132 e. The summed E-state index contributed by atoms with van der Waals surface area (Å²) >= 11 is 0. The minimum absolute atomic E-state index is 0.160. The normalized spacial score (nSPS) is 15.2. The van der Waals surface area contributed by atoms with Gasteiger partial charge in [0.15, 0.2) is 0 Å². The third kappa shape index (κ3) is 4.00. The fourth-order valence-corrected chi connectivity index (χ4v) is 7.73. The van der Waals surface area contributed by atoms with Crippen molar-refractivity contribution in [3.63, 3.8) is 0 Å². The van der Waals surface area contributed by atoms with E-state index in [1.54, 1.807) is 0 Å². The first kappa shape index (κ1) is 18.1. The van der Waals surface area contributed by atoms with Crippen LogP contribution < -0.4 is 15.1 Å². The Hall–Kier alpha value is -1.23. The zero-order valence-corrected chi connectivity index (χ0v) is 16.5. The number of rotatable bonds is 5. The number of benzene rings is 2. The summed E-state index contributed by atoms with van der Waals surface area (Å²) in [5, 5.41) is 2.72. The second-order valence-corrected chi connectivity index (χ2v) is 13.6. The van der Waals surface area contributed by atoms with E-state index in [0.717, 1.165) is 0 Å². The second-order valence-electron chi connectivity index (χ2n) is 7.16. The van der Waals surface area contributed by atoms with Gasteiger partial charge in [-0.05, 0) is 20.8 Å². The Labute approximate surface area is 143 Å². The molecule has 23 heavy (non-hydrogen) atoms. The van der Waals surface area contributed by atoms with E-state index in [9.17, 15) is 4.21 Å². The molecule has 0 amide bonds. The fraction of sp³-hybridized carbons (Fsp3) is 0.368. The van der Waals surface area contributed by atoms with Gasteiger partial charge in [0.2, 0.25) is 0 Å². The van der Waals surface area contributed by atoms with E-state index in [0.29, 0.717) is 0 Å². The lowest BCUT2D eigenvalue weighted by Gasteiger charge is -2.36. The van der Waals surface area contributed by atoms with Crippen molar-refractivity contribution in [2.45, 2.75) is 44.7 Å². The van der Waals surface area contributed by atoms with E-state index in [1.807, 2.05) is 20.8 Å². The molecular weight excluding hydrogens is 318 g/mol. The quantitative estimate of drug-likeness (QED) is 0.830. The predicted octanol–water partition coefficient (Wildman–Crippen LogP) is 2.86. The van der Waals surface area contributed by atoms with Crippen LogP contribution in [0.25, 0.3) is 0 Å². The van der Waals surface area contributed by atoms with Crippen LogP contribution in [0, 0.1) is 0 Å². The van der Waals surface area contributed by atoms with Crippen LogP contribution in [-0.2, 0) is 11.0 Å². The molecule has 2 nitrogen and oxygen atoms in total. The van der Waals surface area contributed by atoms with E-state index < -0.39 is 19.1 Å². The highest BCUT2D eigenvalue weighted by Gasteiger charge is 2.39. The summed E-state index contributed by atoms with van der Waals surface area (Å²) in [6.45, 7) is 10.6. The highest BCUT2D eigenvalue weighted by atomic mass is 32.2. The van der Waals surface area contributed by atoms with Gasteiger partial charge in [0, 0.05) is 5.67 Å². The summed E-state index contributed by atoms with van der Waals surface area (Å²) in [5.74, 6) is 0. The molecule has 0 fully saturated rings. The van der Waals surface area contributed by atoms with Crippen LogP contribution in [0.1, 0.15) is 27.7 Å². The number of nitrogens with one attached hydrogen (secondary N) is 1. The van der Waals surface area contributed by atoms with Crippen molar-refractivity contribution in [3.05, 3.63) is 60.7 Å². The van der Waals surface area contributed by atoms with Crippen LogP contribution in [0.3, 0.4) is 0 Å². The van der Waals surface area contributed by atoms with Crippen molar-refractivity contribution >= 4 is 29.4 Å². The third-order valence-electron chi connectivity index (χ3n) is 4.45. The molecule has 1 N–H and O–H groups in total. The molecule has 0 heterocycles. The van der Waals surface area contributed by atoms with E-state index >= 15 is 0 Å². The molecule has 2 aromatic rings. The first-order chi connectivity index (χ1) is 10.8. The smallest absolute Gasteiger partial charge is 0.132 e. The summed E-state index contributed by atoms with van der Waals surface area (Å²) in [5.41, 5.74) is 0.160. The van der Waals surface area contributed by atoms with Crippen molar-refractivity contribution in [3.8, 4) is 0 Å². The van der Waals surface area contributed by atoms with Crippen LogP contribution in [0.2, 0.25) is 6.55 Å². The molecule has 0 spiro atoms. The lowest BCUT2D eigenvalue weighted by Crippen LogP contribution is -2.68. The zero-order chi connectivity index (χ0) is 17.1. The molecule has 124 valence electrons. The van der Waals surface area contributed by atoms with Gasteiger partial charge in [0.05, 0.1) is 15.7 Å². The molecule has 0 radical (unpaired) electrons. The maximum absolute atomic E-state index is 12.6. The van der Waals surface area contributed by atoms with Crippen LogP contribution >= 0.6 is 0 Å². The largest absolute Gasteiger partial charge is 0.242 e. The molecule has 0 saturated carbocycles. The Bertz CT molecular complexity index is 613. The Morgan fingerprint density at radius 3 is 1.65 bits per heavy atom. The Kier molecular flexibility index (Phi) is 5.60. The summed E-state index contributed by atoms with van der Waals surface area (Å²) < 4.78 is 15.7. The molecular formula is C19H27NOSSi. The van der Waals surface area contributed by atoms with E-state index in [4.69, 9.17) is 0 Å². The van der Waals surface area contributed by atoms with Gasteiger partial charge in [-0.3, -0.25) is 0 Å². The van der Waals surface area contributed by atoms with Gasteiger partial charge in [-0.1, -0.05) is 84.5 Å². The minimum Gasteiger partial charge on any atom is -0.242 e. The standard InChI is InChI=1S/C19H27NOSSi/c1-16(20-22(21)19(2,3)4)23(5,17-12-8-6-9-13-17)18-14-10-7-11-15-18/h6-16,20H,1-5H3/t16-,22?/m1/s1. The highest BCUT2D eigenvalue weighted by molar-refractivity contribution is 7.84. The Morgan fingerprint density at radius 2 is 1.30 bits per heavy atom. The van der Waals surface area contributed by atoms with Crippen LogP contribution in [-0.4, -0.2) is 22.7 Å². The van der Waals surface area contributed by atoms with Gasteiger partial charge in [-0.2, -0.15) is 0 Å². The topological polar surface area (TPSA) is 29.1 Å². The van der Waals surface area contributed by atoms with Gasteiger partial charge in [0.25, 0.3) is 0 Å². The van der Waals surface area contributed by atoms with Gasteiger partial charge < -0.3 is 0 Å². The molecule has 4 heteroatoms. The second kappa shape index (κ2) is 7.12. The summed E-state index contributed by atoms with van der Waals surface area (Å²) in [6, 6.07) is 21.3. The van der Waals surface area contributed by atoms with Gasteiger partial charge in [-0.25, -0.2) is 8.93 Å². The molecule has 2 rings (SSSR count). The first-order valence-corrected chi connectivity index (χ1v) is 11.8. The lowest BCUT2D eigenvalue weighted by atomic mass is 10.3. The van der Waals surface area contributed by atoms with Gasteiger partial charge >= 0.3 is 0 Å². The van der Waals surface area contributed by atoms with Gasteiger partial charge in [0.1, 0.15) is 8.07 Å².